The molecule has 0 aliphatic carbocycles. The van der Waals surface area contributed by atoms with Gasteiger partial charge in [0, 0.05) is 6.42 Å². The summed E-state index contributed by atoms with van der Waals surface area (Å²) in [4.78, 5) is 24.4. The summed E-state index contributed by atoms with van der Waals surface area (Å²) in [6.07, 6.45) is 0.0255. The molecular weight excluding hydrogens is 469 g/mol. The Bertz CT molecular complexity index is 1160. The number of carboxylic acids is 1. The van der Waals surface area contributed by atoms with Crippen LogP contribution in [0.4, 0.5) is 0 Å². The van der Waals surface area contributed by atoms with Gasteiger partial charge in [0.15, 0.2) is 11.5 Å². The molecule has 3 aromatic rings. The third kappa shape index (κ3) is 5.32. The average Bonchev–Trinajstić information content (AvgIpc) is 2.78. The third-order valence-corrected chi connectivity index (χ3v) is 5.63. The molecular formula is C24H21Cl2NO6. The first-order valence-corrected chi connectivity index (χ1v) is 10.5. The fourth-order valence-electron chi connectivity index (χ4n) is 3.39. The highest BCUT2D eigenvalue weighted by Crippen LogP contribution is 2.43. The van der Waals surface area contributed by atoms with Crippen molar-refractivity contribution < 1.29 is 29.3 Å². The van der Waals surface area contributed by atoms with E-state index in [2.05, 4.69) is 5.32 Å². The smallest absolute Gasteiger partial charge is 0.326 e. The van der Waals surface area contributed by atoms with Crippen molar-refractivity contribution in [1.82, 2.24) is 5.32 Å². The van der Waals surface area contributed by atoms with Crippen LogP contribution in [-0.4, -0.2) is 42.4 Å². The van der Waals surface area contributed by atoms with Gasteiger partial charge in [-0.3, -0.25) is 4.79 Å². The summed E-state index contributed by atoms with van der Waals surface area (Å²) in [5.74, 6) is -1.15. The number of aliphatic carboxylic acids is 1. The normalized spacial score (nSPS) is 11.5. The first-order valence-electron chi connectivity index (χ1n) is 9.77. The van der Waals surface area contributed by atoms with Gasteiger partial charge in [0.05, 0.1) is 35.4 Å². The van der Waals surface area contributed by atoms with E-state index < -0.39 is 17.9 Å². The number of aromatic hydroxyl groups is 1. The van der Waals surface area contributed by atoms with Crippen LogP contribution in [0.5, 0.6) is 17.2 Å². The number of halogens is 2. The number of methoxy groups -OCH3 is 2. The lowest BCUT2D eigenvalue weighted by molar-refractivity contribution is -0.139. The van der Waals surface area contributed by atoms with Crippen LogP contribution in [0.2, 0.25) is 10.0 Å². The molecule has 1 atom stereocenters. The Hall–Kier alpha value is -3.42. The van der Waals surface area contributed by atoms with E-state index in [1.54, 1.807) is 36.4 Å². The maximum Gasteiger partial charge on any atom is 0.326 e. The lowest BCUT2D eigenvalue weighted by Gasteiger charge is -2.17. The summed E-state index contributed by atoms with van der Waals surface area (Å²) < 4.78 is 10.7. The molecule has 1 amide bonds. The molecule has 3 N–H and O–H groups in total. The maximum atomic E-state index is 12.6. The fourth-order valence-corrected chi connectivity index (χ4v) is 3.96. The van der Waals surface area contributed by atoms with Crippen LogP contribution in [0.15, 0.2) is 54.6 Å². The molecule has 7 nitrogen and oxygen atoms in total. The molecule has 0 heterocycles. The molecule has 0 fully saturated rings. The molecule has 33 heavy (non-hydrogen) atoms. The Morgan fingerprint density at radius 1 is 0.970 bits per heavy atom. The van der Waals surface area contributed by atoms with Crippen molar-refractivity contribution in [2.75, 3.05) is 14.2 Å². The van der Waals surface area contributed by atoms with Crippen LogP contribution in [-0.2, 0) is 11.2 Å². The summed E-state index contributed by atoms with van der Waals surface area (Å²) in [5.41, 5.74) is 1.94. The molecule has 0 aliphatic heterocycles. The molecule has 0 bridgehead atoms. The predicted molar refractivity (Wildman–Crippen MR) is 126 cm³/mol. The molecule has 0 unspecified atom stereocenters. The number of benzene rings is 3. The van der Waals surface area contributed by atoms with Crippen molar-refractivity contribution in [2.24, 2.45) is 0 Å². The standard InChI is InChI=1S/C24H21Cl2NO6/c1-32-19-11-10-18(28)22(33-2)20(19)14-8-6-13(7-9-14)12-17(24(30)31)27-23(29)21-15(25)4-3-5-16(21)26/h3-11,17,28H,12H2,1-2H3,(H,27,29)(H,30,31)/t17-/m0/s1. The molecule has 3 rings (SSSR count). The molecule has 0 radical (unpaired) electrons. The Morgan fingerprint density at radius 3 is 2.15 bits per heavy atom. The SMILES string of the molecule is COc1ccc(O)c(OC)c1-c1ccc(C[C@H](NC(=O)c2c(Cl)cccc2Cl)C(=O)O)cc1. The zero-order valence-corrected chi connectivity index (χ0v) is 19.3. The zero-order valence-electron chi connectivity index (χ0n) is 17.8. The number of amides is 1. The van der Waals surface area contributed by atoms with Crippen molar-refractivity contribution in [1.29, 1.82) is 0 Å². The minimum atomic E-state index is -1.21. The van der Waals surface area contributed by atoms with Crippen LogP contribution < -0.4 is 14.8 Å². The zero-order chi connectivity index (χ0) is 24.1. The van der Waals surface area contributed by atoms with Gasteiger partial charge < -0.3 is 25.0 Å². The molecule has 0 aromatic heterocycles. The number of hydrogen-bond acceptors (Lipinski definition) is 5. The van der Waals surface area contributed by atoms with Gasteiger partial charge in [-0.05, 0) is 35.4 Å². The summed E-state index contributed by atoms with van der Waals surface area (Å²) >= 11 is 12.1. The van der Waals surface area contributed by atoms with Gasteiger partial charge in [-0.1, -0.05) is 53.5 Å². The highest BCUT2D eigenvalue weighted by molar-refractivity contribution is 6.39. The molecule has 3 aromatic carbocycles. The largest absolute Gasteiger partial charge is 0.504 e. The van der Waals surface area contributed by atoms with E-state index in [9.17, 15) is 19.8 Å². The highest BCUT2D eigenvalue weighted by atomic mass is 35.5. The summed E-state index contributed by atoms with van der Waals surface area (Å²) in [5, 5.41) is 22.5. The van der Waals surface area contributed by atoms with Gasteiger partial charge in [-0.2, -0.15) is 0 Å². The molecule has 0 saturated heterocycles. The van der Waals surface area contributed by atoms with E-state index in [1.165, 1.54) is 32.4 Å². The number of carbonyl (C=O) groups excluding carboxylic acids is 1. The first kappa shape index (κ1) is 24.2. The maximum absolute atomic E-state index is 12.6. The van der Waals surface area contributed by atoms with Crippen molar-refractivity contribution in [3.05, 3.63) is 75.8 Å². The summed E-state index contributed by atoms with van der Waals surface area (Å²) in [7, 11) is 2.95. The molecule has 9 heteroatoms. The summed E-state index contributed by atoms with van der Waals surface area (Å²) in [6, 6.07) is 13.4. The topological polar surface area (TPSA) is 105 Å². The minimum Gasteiger partial charge on any atom is -0.504 e. The Labute approximate surface area is 200 Å². The van der Waals surface area contributed by atoms with Gasteiger partial charge in [0.25, 0.3) is 5.91 Å². The van der Waals surface area contributed by atoms with Crippen molar-refractivity contribution in [3.8, 4) is 28.4 Å². The lowest BCUT2D eigenvalue weighted by Crippen LogP contribution is -2.42. The van der Waals surface area contributed by atoms with E-state index in [0.717, 1.165) is 0 Å². The monoisotopic (exact) mass is 489 g/mol. The van der Waals surface area contributed by atoms with Gasteiger partial charge in [-0.15, -0.1) is 0 Å². The second kappa shape index (κ2) is 10.5. The second-order valence-corrected chi connectivity index (χ2v) is 7.87. The summed E-state index contributed by atoms with van der Waals surface area (Å²) in [6.45, 7) is 0. The van der Waals surface area contributed by atoms with Crippen LogP contribution in [0, 0.1) is 0 Å². The lowest BCUT2D eigenvalue weighted by atomic mass is 9.98. The van der Waals surface area contributed by atoms with Crippen LogP contribution in [0.3, 0.4) is 0 Å². The van der Waals surface area contributed by atoms with Gasteiger partial charge >= 0.3 is 5.97 Å². The molecule has 172 valence electrons. The van der Waals surface area contributed by atoms with Crippen LogP contribution >= 0.6 is 23.2 Å². The molecule has 0 spiro atoms. The number of nitrogens with one attached hydrogen (secondary N) is 1. The van der Waals surface area contributed by atoms with E-state index in [-0.39, 0.29) is 33.5 Å². The second-order valence-electron chi connectivity index (χ2n) is 7.06. The first-order chi connectivity index (χ1) is 15.8. The van der Waals surface area contributed by atoms with Gasteiger partial charge in [0.2, 0.25) is 0 Å². The predicted octanol–water partition coefficient (Wildman–Crippen LogP) is 4.81. The fraction of sp³-hybridized carbons (Fsp3) is 0.167. The highest BCUT2D eigenvalue weighted by Gasteiger charge is 2.24. The van der Waals surface area contributed by atoms with Gasteiger partial charge in [0.1, 0.15) is 11.8 Å². The minimum absolute atomic E-state index is 0.0190. The Balaban J connectivity index is 1.84. The third-order valence-electron chi connectivity index (χ3n) is 5.00. The number of phenols is 1. The molecule has 0 aliphatic rings. The number of hydrogen-bond donors (Lipinski definition) is 3. The van der Waals surface area contributed by atoms with E-state index in [4.69, 9.17) is 32.7 Å². The number of phenolic OH excluding ortho intramolecular Hbond substituents is 1. The van der Waals surface area contributed by atoms with Crippen molar-refractivity contribution in [3.63, 3.8) is 0 Å². The van der Waals surface area contributed by atoms with E-state index >= 15 is 0 Å². The van der Waals surface area contributed by atoms with Crippen molar-refractivity contribution >= 4 is 35.1 Å². The number of rotatable bonds is 8. The molecule has 0 saturated carbocycles. The van der Waals surface area contributed by atoms with E-state index in [1.807, 2.05) is 0 Å². The Kier molecular flexibility index (Phi) is 7.68. The van der Waals surface area contributed by atoms with Crippen molar-refractivity contribution in [2.45, 2.75) is 12.5 Å². The number of carboxylic acid groups (broad SMARTS) is 1. The number of carbonyl (C=O) groups is 2. The van der Waals surface area contributed by atoms with Crippen LogP contribution in [0.1, 0.15) is 15.9 Å². The quantitative estimate of drug-likeness (QED) is 0.419. The van der Waals surface area contributed by atoms with Crippen LogP contribution in [0.25, 0.3) is 11.1 Å². The van der Waals surface area contributed by atoms with Gasteiger partial charge in [-0.25, -0.2) is 4.79 Å². The number of ether oxygens (including phenoxy) is 2. The van der Waals surface area contributed by atoms with E-state index in [0.29, 0.717) is 22.4 Å². The Morgan fingerprint density at radius 2 is 1.61 bits per heavy atom. The average molecular weight is 490 g/mol.